The Labute approximate surface area is 162 Å². The van der Waals surface area contributed by atoms with Crippen LogP contribution in [-0.4, -0.2) is 18.4 Å². The number of hydrogen-bond acceptors (Lipinski definition) is 4. The quantitative estimate of drug-likeness (QED) is 0.470. The first kappa shape index (κ1) is 18.4. The first-order chi connectivity index (χ1) is 13.2. The summed E-state index contributed by atoms with van der Waals surface area (Å²) in [6.07, 6.45) is 1.00. The van der Waals surface area contributed by atoms with Crippen LogP contribution >= 0.6 is 0 Å². The minimum Gasteiger partial charge on any atom is -0.422 e. The Balaban J connectivity index is 1.86. The van der Waals surface area contributed by atoms with Crippen LogP contribution in [0.4, 0.5) is 10.1 Å². The lowest BCUT2D eigenvalue weighted by Crippen LogP contribution is -2.45. The molecule has 0 amide bonds. The van der Waals surface area contributed by atoms with Gasteiger partial charge in [-0.05, 0) is 68.1 Å². The van der Waals surface area contributed by atoms with Crippen LogP contribution in [0.2, 0.25) is 0 Å². The lowest BCUT2D eigenvalue weighted by molar-refractivity contribution is 0.103. The summed E-state index contributed by atoms with van der Waals surface area (Å²) >= 11 is 0. The highest BCUT2D eigenvalue weighted by atomic mass is 19.1. The summed E-state index contributed by atoms with van der Waals surface area (Å²) in [6, 6.07) is 10.6. The molecule has 2 aromatic carbocycles. The Morgan fingerprint density at radius 2 is 1.86 bits per heavy atom. The molecule has 0 aliphatic carbocycles. The first-order valence-electron chi connectivity index (χ1n) is 9.33. The Morgan fingerprint density at radius 1 is 1.18 bits per heavy atom. The maximum absolute atomic E-state index is 13.1. The fourth-order valence-corrected chi connectivity index (χ4v) is 4.10. The molecule has 144 valence electrons. The molecule has 0 N–H and O–H groups in total. The third kappa shape index (κ3) is 2.91. The molecular weight excluding hydrogens is 357 g/mol. The van der Waals surface area contributed by atoms with Crippen LogP contribution in [0.25, 0.3) is 11.0 Å². The lowest BCUT2D eigenvalue weighted by Gasteiger charge is -2.45. The van der Waals surface area contributed by atoms with Crippen molar-refractivity contribution in [2.45, 2.75) is 38.6 Å². The number of carbonyl (C=O) groups excluding carboxylic acids is 1. The number of anilines is 1. The lowest BCUT2D eigenvalue weighted by atomic mass is 9.80. The van der Waals surface area contributed by atoms with Gasteiger partial charge in [0.15, 0.2) is 5.78 Å². The zero-order valence-corrected chi connectivity index (χ0v) is 16.4. The number of nitrogens with zero attached hydrogens (tertiary/aromatic N) is 1. The topological polar surface area (TPSA) is 50.5 Å². The smallest absolute Gasteiger partial charge is 0.347 e. The van der Waals surface area contributed by atoms with Gasteiger partial charge in [0, 0.05) is 35.3 Å². The molecule has 0 spiro atoms. The zero-order valence-electron chi connectivity index (χ0n) is 16.4. The van der Waals surface area contributed by atoms with E-state index in [2.05, 4.69) is 25.7 Å². The number of benzene rings is 2. The maximum Gasteiger partial charge on any atom is 0.347 e. The van der Waals surface area contributed by atoms with E-state index < -0.39 is 17.2 Å². The van der Waals surface area contributed by atoms with Crippen molar-refractivity contribution in [1.82, 2.24) is 0 Å². The summed E-state index contributed by atoms with van der Waals surface area (Å²) < 4.78 is 18.6. The predicted molar refractivity (Wildman–Crippen MR) is 108 cm³/mol. The third-order valence-electron chi connectivity index (χ3n) is 5.84. The second-order valence-electron chi connectivity index (χ2n) is 8.21. The average Bonchev–Trinajstić information content (AvgIpc) is 2.64. The molecule has 4 rings (SSSR count). The fraction of sp³-hybridized carbons (Fsp3) is 0.304. The van der Waals surface area contributed by atoms with Crippen molar-refractivity contribution >= 4 is 22.4 Å². The Morgan fingerprint density at radius 3 is 2.54 bits per heavy atom. The van der Waals surface area contributed by atoms with Gasteiger partial charge in [0.05, 0.1) is 0 Å². The summed E-state index contributed by atoms with van der Waals surface area (Å²) in [6.45, 7) is 6.57. The zero-order chi connectivity index (χ0) is 20.2. The Bertz CT molecular complexity index is 1140. The van der Waals surface area contributed by atoms with Crippen molar-refractivity contribution in [1.29, 1.82) is 0 Å². The van der Waals surface area contributed by atoms with Gasteiger partial charge < -0.3 is 9.32 Å². The van der Waals surface area contributed by atoms with Gasteiger partial charge >= 0.3 is 5.63 Å². The molecule has 0 fully saturated rings. The van der Waals surface area contributed by atoms with Gasteiger partial charge in [0.2, 0.25) is 0 Å². The molecule has 4 nitrogen and oxygen atoms in total. The average molecular weight is 379 g/mol. The van der Waals surface area contributed by atoms with Crippen molar-refractivity contribution < 1.29 is 13.6 Å². The highest BCUT2D eigenvalue weighted by Crippen LogP contribution is 2.43. The standard InChI is InChI=1S/C23H22FNO3/c1-13-12-23(2,3)25(4)19-11-20-15(9-17(13)19)10-18(22(27)28-20)21(26)14-5-7-16(24)8-6-14/h5-11,13H,12H2,1-4H3. The van der Waals surface area contributed by atoms with Crippen LogP contribution in [0.3, 0.4) is 0 Å². The summed E-state index contributed by atoms with van der Waals surface area (Å²) in [4.78, 5) is 27.4. The molecule has 2 heterocycles. The van der Waals surface area contributed by atoms with Crippen LogP contribution in [0.5, 0.6) is 0 Å². The second kappa shape index (κ2) is 6.30. The van der Waals surface area contributed by atoms with E-state index in [4.69, 9.17) is 4.42 Å². The number of ketones is 1. The van der Waals surface area contributed by atoms with Crippen LogP contribution in [-0.2, 0) is 0 Å². The van der Waals surface area contributed by atoms with E-state index in [0.29, 0.717) is 16.9 Å². The van der Waals surface area contributed by atoms with Crippen LogP contribution in [0, 0.1) is 5.82 Å². The molecule has 1 unspecified atom stereocenters. The van der Waals surface area contributed by atoms with E-state index in [0.717, 1.165) is 12.1 Å². The van der Waals surface area contributed by atoms with E-state index >= 15 is 0 Å². The van der Waals surface area contributed by atoms with E-state index in [-0.39, 0.29) is 16.7 Å². The van der Waals surface area contributed by atoms with Gasteiger partial charge in [-0.15, -0.1) is 0 Å². The minimum atomic E-state index is -0.687. The van der Waals surface area contributed by atoms with Gasteiger partial charge in [0.25, 0.3) is 0 Å². The second-order valence-corrected chi connectivity index (χ2v) is 8.21. The molecule has 28 heavy (non-hydrogen) atoms. The summed E-state index contributed by atoms with van der Waals surface area (Å²) in [5.41, 5.74) is 2.18. The normalized spacial score (nSPS) is 18.2. The molecule has 1 aliphatic heterocycles. The number of hydrogen-bond donors (Lipinski definition) is 0. The Kier molecular flexibility index (Phi) is 4.14. The molecular formula is C23H22FNO3. The summed E-state index contributed by atoms with van der Waals surface area (Å²) in [5.74, 6) is -0.566. The van der Waals surface area contributed by atoms with E-state index in [1.54, 1.807) is 6.07 Å². The van der Waals surface area contributed by atoms with Crippen molar-refractivity contribution in [2.75, 3.05) is 11.9 Å². The number of halogens is 1. The van der Waals surface area contributed by atoms with E-state index in [1.807, 2.05) is 19.2 Å². The molecule has 0 saturated carbocycles. The Hall–Kier alpha value is -2.95. The van der Waals surface area contributed by atoms with Gasteiger partial charge in [-0.25, -0.2) is 9.18 Å². The first-order valence-corrected chi connectivity index (χ1v) is 9.33. The molecule has 1 aromatic heterocycles. The molecule has 0 saturated heterocycles. The van der Waals surface area contributed by atoms with Crippen molar-refractivity contribution in [2.24, 2.45) is 0 Å². The van der Waals surface area contributed by atoms with Gasteiger partial charge in [0.1, 0.15) is 17.0 Å². The van der Waals surface area contributed by atoms with Gasteiger partial charge in [-0.2, -0.15) is 0 Å². The highest BCUT2D eigenvalue weighted by molar-refractivity contribution is 6.10. The van der Waals surface area contributed by atoms with Crippen molar-refractivity contribution in [3.8, 4) is 0 Å². The molecule has 3 aromatic rings. The monoisotopic (exact) mass is 379 g/mol. The van der Waals surface area contributed by atoms with Crippen LogP contribution in [0.15, 0.2) is 51.7 Å². The van der Waals surface area contributed by atoms with E-state index in [9.17, 15) is 14.0 Å². The SMILES string of the molecule is CC1CC(C)(C)N(C)c2cc3oc(=O)c(C(=O)c4ccc(F)cc4)cc3cc21. The van der Waals surface area contributed by atoms with Crippen LogP contribution in [0.1, 0.15) is 54.6 Å². The fourth-order valence-electron chi connectivity index (χ4n) is 4.10. The van der Waals surface area contributed by atoms with Crippen molar-refractivity contribution in [3.05, 3.63) is 75.4 Å². The molecule has 1 atom stereocenters. The maximum atomic E-state index is 13.1. The summed E-state index contributed by atoms with van der Waals surface area (Å²) in [5, 5.41) is 0.712. The summed E-state index contributed by atoms with van der Waals surface area (Å²) in [7, 11) is 2.04. The van der Waals surface area contributed by atoms with Gasteiger partial charge in [-0.1, -0.05) is 6.92 Å². The molecule has 0 bridgehead atoms. The highest BCUT2D eigenvalue weighted by Gasteiger charge is 2.34. The van der Waals surface area contributed by atoms with Crippen LogP contribution < -0.4 is 10.5 Å². The number of rotatable bonds is 2. The van der Waals surface area contributed by atoms with Crippen molar-refractivity contribution in [3.63, 3.8) is 0 Å². The number of fused-ring (bicyclic) bond motifs is 2. The third-order valence-corrected chi connectivity index (χ3v) is 5.84. The molecule has 5 heteroatoms. The molecule has 1 aliphatic rings. The van der Waals surface area contributed by atoms with Gasteiger partial charge in [-0.3, -0.25) is 4.79 Å². The largest absolute Gasteiger partial charge is 0.422 e. The molecule has 0 radical (unpaired) electrons. The number of carbonyl (C=O) groups is 1. The predicted octanol–water partition coefficient (Wildman–Crippen LogP) is 4.89. The van der Waals surface area contributed by atoms with E-state index in [1.165, 1.54) is 29.8 Å². The minimum absolute atomic E-state index is 0.00111.